The van der Waals surface area contributed by atoms with Gasteiger partial charge >= 0.3 is 0 Å². The summed E-state index contributed by atoms with van der Waals surface area (Å²) in [6.07, 6.45) is -4.78. The van der Waals surface area contributed by atoms with E-state index >= 15 is 0 Å². The highest BCUT2D eigenvalue weighted by atomic mass is 19.1. The van der Waals surface area contributed by atoms with Gasteiger partial charge in [0.05, 0.1) is 6.61 Å². The Hall–Kier alpha value is -0.230. The zero-order chi connectivity index (χ0) is 8.43. The van der Waals surface area contributed by atoms with Crippen molar-refractivity contribution >= 4 is 0 Å². The first kappa shape index (κ1) is 8.86. The van der Waals surface area contributed by atoms with E-state index in [1.54, 1.807) is 0 Å². The molecule has 0 aliphatic carbocycles. The van der Waals surface area contributed by atoms with Gasteiger partial charge in [0, 0.05) is 7.11 Å². The molecule has 1 aliphatic heterocycles. The Labute approximate surface area is 63.5 Å². The molecular weight excluding hydrogens is 155 g/mol. The quantitative estimate of drug-likeness (QED) is 0.555. The Balaban J connectivity index is 2.53. The summed E-state index contributed by atoms with van der Waals surface area (Å²) in [6.45, 7) is -0.401. The number of aliphatic hydroxyl groups excluding tert-OH is 2. The monoisotopic (exact) mass is 166 g/mol. The third kappa shape index (κ3) is 1.51. The molecule has 0 aromatic rings. The van der Waals surface area contributed by atoms with Gasteiger partial charge in [-0.15, -0.1) is 0 Å². The molecule has 0 unspecified atom stereocenters. The normalized spacial score (nSPS) is 44.7. The highest BCUT2D eigenvalue weighted by Gasteiger charge is 2.43. The van der Waals surface area contributed by atoms with Crippen molar-refractivity contribution < 1.29 is 24.1 Å². The Kier molecular flexibility index (Phi) is 2.78. The zero-order valence-corrected chi connectivity index (χ0v) is 6.11. The summed E-state index contributed by atoms with van der Waals surface area (Å²) in [6, 6.07) is 0. The summed E-state index contributed by atoms with van der Waals surface area (Å²) in [7, 11) is 1.28. The van der Waals surface area contributed by atoms with E-state index < -0.39 is 31.3 Å². The number of hydrogen-bond acceptors (Lipinski definition) is 4. The third-order valence-corrected chi connectivity index (χ3v) is 1.69. The molecule has 2 N–H and O–H groups in total. The van der Waals surface area contributed by atoms with Gasteiger partial charge in [-0.2, -0.15) is 0 Å². The first-order valence-electron chi connectivity index (χ1n) is 3.32. The van der Waals surface area contributed by atoms with Gasteiger partial charge in [0.1, 0.15) is 12.2 Å². The van der Waals surface area contributed by atoms with Crippen molar-refractivity contribution in [2.24, 2.45) is 0 Å². The first-order valence-corrected chi connectivity index (χ1v) is 3.32. The lowest BCUT2D eigenvalue weighted by Gasteiger charge is -2.09. The van der Waals surface area contributed by atoms with Crippen LogP contribution in [0.5, 0.6) is 0 Å². The summed E-state index contributed by atoms with van der Waals surface area (Å²) in [4.78, 5) is 0. The summed E-state index contributed by atoms with van der Waals surface area (Å²) in [5.41, 5.74) is 0. The summed E-state index contributed by atoms with van der Waals surface area (Å²) in [5.74, 6) is 0. The SMILES string of the molecule is CO[C@H]1O[C@H](CO)[C@@H](O)[C@@H]1F. The fourth-order valence-electron chi connectivity index (χ4n) is 1.03. The van der Waals surface area contributed by atoms with Crippen molar-refractivity contribution in [2.75, 3.05) is 13.7 Å². The molecule has 5 heteroatoms. The van der Waals surface area contributed by atoms with Crippen LogP contribution in [0, 0.1) is 0 Å². The maximum atomic E-state index is 12.8. The molecule has 4 atom stereocenters. The van der Waals surface area contributed by atoms with Gasteiger partial charge in [-0.05, 0) is 0 Å². The van der Waals surface area contributed by atoms with Crippen LogP contribution in [-0.2, 0) is 9.47 Å². The van der Waals surface area contributed by atoms with Crippen LogP contribution in [0.4, 0.5) is 4.39 Å². The molecule has 4 nitrogen and oxygen atoms in total. The molecule has 1 aliphatic rings. The minimum absolute atomic E-state index is 0.401. The largest absolute Gasteiger partial charge is 0.394 e. The molecule has 0 aromatic heterocycles. The Bertz CT molecular complexity index is 114. The van der Waals surface area contributed by atoms with Gasteiger partial charge in [-0.25, -0.2) is 4.39 Å². The summed E-state index contributed by atoms with van der Waals surface area (Å²) in [5, 5.41) is 17.6. The first-order chi connectivity index (χ1) is 5.20. The van der Waals surface area contributed by atoms with Crippen molar-refractivity contribution in [1.29, 1.82) is 0 Å². The summed E-state index contributed by atoms with van der Waals surface area (Å²) >= 11 is 0. The highest BCUT2D eigenvalue weighted by Crippen LogP contribution is 2.23. The highest BCUT2D eigenvalue weighted by molar-refractivity contribution is 4.86. The predicted molar refractivity (Wildman–Crippen MR) is 33.7 cm³/mol. The van der Waals surface area contributed by atoms with Crippen LogP contribution in [0.3, 0.4) is 0 Å². The third-order valence-electron chi connectivity index (χ3n) is 1.69. The van der Waals surface area contributed by atoms with Crippen molar-refractivity contribution in [3.63, 3.8) is 0 Å². The average Bonchev–Trinajstić information content (AvgIpc) is 2.30. The minimum atomic E-state index is -1.57. The number of halogens is 1. The van der Waals surface area contributed by atoms with E-state index in [9.17, 15) is 4.39 Å². The lowest BCUT2D eigenvalue weighted by molar-refractivity contribution is -0.141. The smallest absolute Gasteiger partial charge is 0.191 e. The lowest BCUT2D eigenvalue weighted by Crippen LogP contribution is -2.31. The summed E-state index contributed by atoms with van der Waals surface area (Å²) < 4.78 is 22.2. The zero-order valence-electron chi connectivity index (χ0n) is 6.11. The number of rotatable bonds is 2. The van der Waals surface area contributed by atoms with E-state index in [1.165, 1.54) is 7.11 Å². The van der Waals surface area contributed by atoms with Crippen molar-refractivity contribution in [1.82, 2.24) is 0 Å². The maximum absolute atomic E-state index is 12.8. The number of ether oxygens (including phenoxy) is 2. The number of methoxy groups -OCH3 is 1. The molecule has 0 aromatic carbocycles. The minimum Gasteiger partial charge on any atom is -0.394 e. The molecule has 0 saturated carbocycles. The van der Waals surface area contributed by atoms with Crippen LogP contribution in [0.2, 0.25) is 0 Å². The Morgan fingerprint density at radius 2 is 2.27 bits per heavy atom. The second-order valence-corrected chi connectivity index (χ2v) is 2.40. The average molecular weight is 166 g/mol. The molecule has 0 spiro atoms. The van der Waals surface area contributed by atoms with E-state index in [0.717, 1.165) is 0 Å². The number of alkyl halides is 1. The van der Waals surface area contributed by atoms with Crippen LogP contribution in [0.15, 0.2) is 0 Å². The molecular formula is C6H11FO4. The Morgan fingerprint density at radius 3 is 2.55 bits per heavy atom. The van der Waals surface area contributed by atoms with Crippen LogP contribution < -0.4 is 0 Å². The van der Waals surface area contributed by atoms with Crippen molar-refractivity contribution in [2.45, 2.75) is 24.7 Å². The predicted octanol–water partition coefficient (Wildman–Crippen LogP) is -0.951. The van der Waals surface area contributed by atoms with Gasteiger partial charge in [-0.3, -0.25) is 0 Å². The van der Waals surface area contributed by atoms with Crippen LogP contribution in [0.1, 0.15) is 0 Å². The number of hydrogen-bond donors (Lipinski definition) is 2. The second kappa shape index (κ2) is 3.44. The van der Waals surface area contributed by atoms with Gasteiger partial charge in [0.25, 0.3) is 0 Å². The van der Waals surface area contributed by atoms with Crippen molar-refractivity contribution in [3.8, 4) is 0 Å². The van der Waals surface area contributed by atoms with Crippen LogP contribution in [0.25, 0.3) is 0 Å². The molecule has 1 fully saturated rings. The fraction of sp³-hybridized carbons (Fsp3) is 1.00. The number of aliphatic hydroxyl groups is 2. The fourth-order valence-corrected chi connectivity index (χ4v) is 1.03. The van der Waals surface area contributed by atoms with E-state index in [4.69, 9.17) is 14.9 Å². The lowest BCUT2D eigenvalue weighted by atomic mass is 10.2. The van der Waals surface area contributed by atoms with Gasteiger partial charge < -0.3 is 19.7 Å². The van der Waals surface area contributed by atoms with E-state index in [1.807, 2.05) is 0 Å². The van der Waals surface area contributed by atoms with Crippen LogP contribution in [-0.4, -0.2) is 48.6 Å². The van der Waals surface area contributed by atoms with Crippen molar-refractivity contribution in [3.05, 3.63) is 0 Å². The Morgan fingerprint density at radius 1 is 1.64 bits per heavy atom. The van der Waals surface area contributed by atoms with Gasteiger partial charge in [0.2, 0.25) is 0 Å². The molecule has 0 bridgehead atoms. The topological polar surface area (TPSA) is 58.9 Å². The van der Waals surface area contributed by atoms with E-state index in [0.29, 0.717) is 0 Å². The molecule has 66 valence electrons. The molecule has 11 heavy (non-hydrogen) atoms. The van der Waals surface area contributed by atoms with Gasteiger partial charge in [-0.1, -0.05) is 0 Å². The van der Waals surface area contributed by atoms with E-state index in [-0.39, 0.29) is 0 Å². The standard InChI is InChI=1S/C6H11FO4/c1-10-6-4(7)5(9)3(2-8)11-6/h3-6,8-9H,2H2,1H3/t3-,4+,5-,6+/m1/s1. The molecule has 0 radical (unpaired) electrons. The molecule has 1 heterocycles. The maximum Gasteiger partial charge on any atom is 0.191 e. The van der Waals surface area contributed by atoms with Crippen LogP contribution >= 0.6 is 0 Å². The van der Waals surface area contributed by atoms with Gasteiger partial charge in [0.15, 0.2) is 12.5 Å². The molecule has 0 amide bonds. The second-order valence-electron chi connectivity index (χ2n) is 2.40. The van der Waals surface area contributed by atoms with E-state index in [2.05, 4.69) is 4.74 Å². The molecule has 1 saturated heterocycles. The molecule has 1 rings (SSSR count).